The van der Waals surface area contributed by atoms with Gasteiger partial charge in [-0.2, -0.15) is 0 Å². The molecule has 0 bridgehead atoms. The maximum Gasteiger partial charge on any atom is 0.160 e. The molecular weight excluding hydrogens is 809 g/mol. The fourth-order valence-corrected chi connectivity index (χ4v) is 10.4. The molecular formula is C65H52N2. The molecule has 2 aliphatic carbocycles. The maximum absolute atomic E-state index is 5.44. The number of fused-ring (bicyclic) bond motifs is 6. The van der Waals surface area contributed by atoms with E-state index in [-0.39, 0.29) is 10.8 Å². The van der Waals surface area contributed by atoms with Gasteiger partial charge in [0.05, 0.1) is 5.70 Å². The van der Waals surface area contributed by atoms with Crippen LogP contribution in [0.25, 0.3) is 72.5 Å². The van der Waals surface area contributed by atoms with E-state index in [1.54, 1.807) is 0 Å². The molecule has 0 fully saturated rings. The molecule has 0 spiro atoms. The number of rotatable bonds is 8. The number of aliphatic imine (C=N–C) groups is 2. The van der Waals surface area contributed by atoms with Crippen molar-refractivity contribution in [3.63, 3.8) is 0 Å². The number of benzene rings is 9. The van der Waals surface area contributed by atoms with Gasteiger partial charge < -0.3 is 0 Å². The van der Waals surface area contributed by atoms with Crippen LogP contribution in [0.3, 0.4) is 0 Å². The van der Waals surface area contributed by atoms with E-state index in [0.717, 1.165) is 55.8 Å². The Balaban J connectivity index is 1.08. The highest BCUT2D eigenvalue weighted by atomic mass is 14.9. The van der Waals surface area contributed by atoms with E-state index in [4.69, 9.17) is 9.98 Å². The molecule has 0 amide bonds. The third kappa shape index (κ3) is 7.49. The molecule has 0 radical (unpaired) electrons. The quantitative estimate of drug-likeness (QED) is 0.107. The van der Waals surface area contributed by atoms with Crippen LogP contribution in [0.4, 0.5) is 0 Å². The average Bonchev–Trinajstić information content (AvgIpc) is 3.75. The molecule has 322 valence electrons. The molecule has 0 unspecified atom stereocenters. The van der Waals surface area contributed by atoms with Gasteiger partial charge in [0.1, 0.15) is 0 Å². The molecule has 11 rings (SSSR count). The first-order valence-corrected chi connectivity index (χ1v) is 23.3. The third-order valence-corrected chi connectivity index (χ3v) is 14.3. The fraction of sp³-hybridized carbons (Fsp3) is 0.108. The summed E-state index contributed by atoms with van der Waals surface area (Å²) in [6, 6.07) is 76.8. The molecule has 2 nitrogen and oxygen atoms in total. The fourth-order valence-electron chi connectivity index (χ4n) is 10.4. The summed E-state index contributed by atoms with van der Waals surface area (Å²) in [6.45, 7) is 16.0. The second-order valence-electron chi connectivity index (χ2n) is 19.1. The van der Waals surface area contributed by atoms with Gasteiger partial charge in [0.2, 0.25) is 0 Å². The molecule has 0 N–H and O–H groups in total. The second kappa shape index (κ2) is 16.5. The van der Waals surface area contributed by atoms with E-state index in [9.17, 15) is 0 Å². The van der Waals surface area contributed by atoms with Crippen LogP contribution < -0.4 is 0 Å². The molecule has 9 aromatic carbocycles. The van der Waals surface area contributed by atoms with Gasteiger partial charge >= 0.3 is 0 Å². The van der Waals surface area contributed by atoms with Gasteiger partial charge in [-0.05, 0) is 137 Å². The smallest absolute Gasteiger partial charge is 0.160 e. The number of amidine groups is 1. The standard InChI is InChI=1S/C65H52N2/c1-42(44-25-29-48(30-26-44)46-17-9-7-10-18-46)66-63(67-43(2)45-27-31-49(32-28-45)47-19-11-8-12-20-47)54-38-52(50-33-35-57-55-21-13-15-23-59(55)64(3,4)61(57)40-50)37-53(39-54)51-34-36-58-56-22-14-16-24-60(56)65(5,6)62(58)41-51/h7-41H,1H2,2-6H3. The van der Waals surface area contributed by atoms with Gasteiger partial charge in [0, 0.05) is 22.1 Å². The molecule has 0 heterocycles. The van der Waals surface area contributed by atoms with E-state index in [2.05, 4.69) is 247 Å². The van der Waals surface area contributed by atoms with Gasteiger partial charge in [0.25, 0.3) is 0 Å². The Bertz CT molecular complexity index is 3310. The van der Waals surface area contributed by atoms with Crippen LogP contribution in [0.2, 0.25) is 0 Å². The van der Waals surface area contributed by atoms with Gasteiger partial charge in [0.15, 0.2) is 5.84 Å². The van der Waals surface area contributed by atoms with Crippen LogP contribution in [0, 0.1) is 0 Å². The van der Waals surface area contributed by atoms with Crippen molar-refractivity contribution in [2.45, 2.75) is 45.4 Å². The first-order valence-electron chi connectivity index (χ1n) is 23.3. The molecule has 0 atom stereocenters. The van der Waals surface area contributed by atoms with Gasteiger partial charge in [-0.1, -0.05) is 216 Å². The summed E-state index contributed by atoms with van der Waals surface area (Å²) in [5.41, 5.74) is 24.0. The molecule has 2 aliphatic rings. The van der Waals surface area contributed by atoms with Crippen LogP contribution in [-0.4, -0.2) is 11.5 Å². The van der Waals surface area contributed by atoms with E-state index < -0.39 is 0 Å². The lowest BCUT2D eigenvalue weighted by Gasteiger charge is -2.22. The number of hydrogen-bond donors (Lipinski definition) is 0. The maximum atomic E-state index is 5.44. The highest BCUT2D eigenvalue weighted by Gasteiger charge is 2.36. The zero-order valence-electron chi connectivity index (χ0n) is 38.8. The minimum absolute atomic E-state index is 0.138. The van der Waals surface area contributed by atoms with E-state index >= 15 is 0 Å². The van der Waals surface area contributed by atoms with Gasteiger partial charge in [-0.15, -0.1) is 0 Å². The predicted octanol–water partition coefficient (Wildman–Crippen LogP) is 16.9. The van der Waals surface area contributed by atoms with Gasteiger partial charge in [-0.3, -0.25) is 0 Å². The van der Waals surface area contributed by atoms with Crippen molar-refractivity contribution in [3.05, 3.63) is 258 Å². The first-order chi connectivity index (χ1) is 32.5. The Morgan fingerprint density at radius 2 is 0.716 bits per heavy atom. The summed E-state index contributed by atoms with van der Waals surface area (Å²) in [6.07, 6.45) is 0. The summed E-state index contributed by atoms with van der Waals surface area (Å²) in [5.74, 6) is 0.604. The molecule has 2 heteroatoms. The third-order valence-electron chi connectivity index (χ3n) is 14.3. The van der Waals surface area contributed by atoms with Crippen LogP contribution in [0.15, 0.2) is 229 Å². The van der Waals surface area contributed by atoms with Crippen molar-refractivity contribution in [1.29, 1.82) is 0 Å². The zero-order chi connectivity index (χ0) is 45.9. The van der Waals surface area contributed by atoms with Crippen molar-refractivity contribution >= 4 is 17.2 Å². The normalized spacial score (nSPS) is 14.2. The lowest BCUT2D eigenvalue weighted by Crippen LogP contribution is -2.15. The molecule has 67 heavy (non-hydrogen) atoms. The summed E-state index contributed by atoms with van der Waals surface area (Å²) in [7, 11) is 0. The minimum atomic E-state index is -0.138. The highest BCUT2D eigenvalue weighted by molar-refractivity contribution is 6.13. The van der Waals surface area contributed by atoms with Gasteiger partial charge in [-0.25, -0.2) is 9.98 Å². The van der Waals surface area contributed by atoms with E-state index in [1.807, 2.05) is 6.07 Å². The number of hydrogen-bond acceptors (Lipinski definition) is 1. The molecule has 0 saturated carbocycles. The Kier molecular flexibility index (Phi) is 10.3. The van der Waals surface area contributed by atoms with Crippen molar-refractivity contribution in [2.24, 2.45) is 9.98 Å². The van der Waals surface area contributed by atoms with Crippen LogP contribution in [0.1, 0.15) is 73.6 Å². The van der Waals surface area contributed by atoms with Crippen LogP contribution >= 0.6 is 0 Å². The first kappa shape index (κ1) is 41.7. The second-order valence-corrected chi connectivity index (χ2v) is 19.1. The molecule has 0 aliphatic heterocycles. The lowest BCUT2D eigenvalue weighted by atomic mass is 9.81. The Morgan fingerprint density at radius 1 is 0.328 bits per heavy atom. The Labute approximate surface area is 395 Å². The van der Waals surface area contributed by atoms with Crippen molar-refractivity contribution in [3.8, 4) is 66.8 Å². The average molecular weight is 861 g/mol. The van der Waals surface area contributed by atoms with Crippen LogP contribution in [0.5, 0.6) is 0 Å². The molecule has 0 saturated heterocycles. The zero-order valence-corrected chi connectivity index (χ0v) is 38.8. The molecule has 9 aromatic rings. The molecule has 0 aromatic heterocycles. The largest absolute Gasteiger partial charge is 0.233 e. The highest BCUT2D eigenvalue weighted by Crippen LogP contribution is 2.51. The Morgan fingerprint density at radius 3 is 1.19 bits per heavy atom. The monoisotopic (exact) mass is 860 g/mol. The summed E-state index contributed by atoms with van der Waals surface area (Å²) >= 11 is 0. The summed E-state index contributed by atoms with van der Waals surface area (Å²) < 4.78 is 0. The summed E-state index contributed by atoms with van der Waals surface area (Å²) in [4.78, 5) is 10.8. The van der Waals surface area contributed by atoms with Crippen LogP contribution in [-0.2, 0) is 10.8 Å². The number of nitrogens with zero attached hydrogens (tertiary/aromatic N) is 2. The van der Waals surface area contributed by atoms with E-state index in [1.165, 1.54) is 55.6 Å². The topological polar surface area (TPSA) is 24.7 Å². The SMILES string of the molecule is C=C(N=C(N=C(C)c1ccc(-c2ccccc2)cc1)c1cc(-c2ccc3c(c2)C(C)(C)c2ccccc2-3)cc(-c2ccc3c(c2)C(C)(C)c2ccccc2-3)c1)c1ccc(-c2ccccc2)cc1. The van der Waals surface area contributed by atoms with Crippen molar-refractivity contribution in [1.82, 2.24) is 0 Å². The predicted molar refractivity (Wildman–Crippen MR) is 284 cm³/mol. The Hall–Kier alpha value is -7.94. The van der Waals surface area contributed by atoms with Crippen molar-refractivity contribution < 1.29 is 0 Å². The lowest BCUT2D eigenvalue weighted by molar-refractivity contribution is 0.660. The van der Waals surface area contributed by atoms with E-state index in [0.29, 0.717) is 11.5 Å². The minimum Gasteiger partial charge on any atom is -0.233 e. The summed E-state index contributed by atoms with van der Waals surface area (Å²) in [5, 5.41) is 0. The van der Waals surface area contributed by atoms with Crippen molar-refractivity contribution in [2.75, 3.05) is 0 Å².